The summed E-state index contributed by atoms with van der Waals surface area (Å²) < 4.78 is 0. The molecule has 0 radical (unpaired) electrons. The van der Waals surface area contributed by atoms with Crippen molar-refractivity contribution >= 4 is 28.2 Å². The Morgan fingerprint density at radius 1 is 1.12 bits per heavy atom. The second-order valence-electron chi connectivity index (χ2n) is 7.98. The van der Waals surface area contributed by atoms with Gasteiger partial charge in [0.1, 0.15) is 0 Å². The quantitative estimate of drug-likeness (QED) is 0.881. The molecule has 3 N–H and O–H groups in total. The number of carbonyl (C=O) groups excluding carboxylic acids is 1. The minimum atomic E-state index is -0.350. The number of anilines is 2. The van der Waals surface area contributed by atoms with Crippen molar-refractivity contribution in [3.8, 4) is 0 Å². The van der Waals surface area contributed by atoms with Gasteiger partial charge in [-0.1, -0.05) is 0 Å². The molecule has 0 aromatic carbocycles. The van der Waals surface area contributed by atoms with Gasteiger partial charge in [-0.05, 0) is 56.3 Å². The number of hydrogen-bond donors (Lipinski definition) is 2. The van der Waals surface area contributed by atoms with Crippen LogP contribution in [0.25, 0.3) is 0 Å². The fourth-order valence-electron chi connectivity index (χ4n) is 5.68. The monoisotopic (exact) mass is 355 g/mol. The van der Waals surface area contributed by atoms with Gasteiger partial charge in [-0.2, -0.15) is 0 Å². The van der Waals surface area contributed by atoms with E-state index in [1.54, 1.807) is 0 Å². The van der Waals surface area contributed by atoms with E-state index in [1.165, 1.54) is 67.9 Å². The summed E-state index contributed by atoms with van der Waals surface area (Å²) in [7, 11) is 0. The number of carbonyl (C=O) groups is 1. The summed E-state index contributed by atoms with van der Waals surface area (Å²) in [5.41, 5.74) is 7.31. The number of nitrogens with two attached hydrogens (primary N) is 1. The van der Waals surface area contributed by atoms with Gasteiger partial charge < -0.3 is 5.73 Å². The van der Waals surface area contributed by atoms with Crippen LogP contribution in [0.3, 0.4) is 0 Å². The van der Waals surface area contributed by atoms with E-state index in [1.807, 2.05) is 0 Å². The maximum Gasteiger partial charge on any atom is 0.279 e. The van der Waals surface area contributed by atoms with Crippen molar-refractivity contribution in [3.05, 3.63) is 29.2 Å². The Morgan fingerprint density at radius 3 is 2.40 bits per heavy atom. The lowest BCUT2D eigenvalue weighted by Crippen LogP contribution is -2.48. The largest absolute Gasteiger partial charge is 0.382 e. The first-order valence-corrected chi connectivity index (χ1v) is 9.83. The number of thiazole rings is 1. The van der Waals surface area contributed by atoms with E-state index >= 15 is 0 Å². The lowest BCUT2D eigenvalue weighted by atomic mass is 9.49. The van der Waals surface area contributed by atoms with Crippen LogP contribution in [0.15, 0.2) is 17.8 Å². The number of nitrogens with one attached hydrogen (secondary N) is 1. The highest BCUT2D eigenvalue weighted by molar-refractivity contribution is 7.14. The molecular weight excluding hydrogens is 334 g/mol. The molecule has 7 heteroatoms. The molecular formula is C18H21N5OS. The summed E-state index contributed by atoms with van der Waals surface area (Å²) in [6, 6.07) is 0. The molecule has 4 fully saturated rings. The zero-order valence-corrected chi connectivity index (χ0v) is 14.8. The fourth-order valence-corrected chi connectivity index (χ4v) is 6.51. The number of hydrogen-bond acceptors (Lipinski definition) is 6. The van der Waals surface area contributed by atoms with Gasteiger partial charge in [0.15, 0.2) is 16.6 Å². The number of nitrogen functional groups attached to an aromatic ring is 1. The maximum absolute atomic E-state index is 12.4. The smallest absolute Gasteiger partial charge is 0.279 e. The maximum atomic E-state index is 12.4. The number of aromatic nitrogens is 3. The van der Waals surface area contributed by atoms with Gasteiger partial charge in [0.05, 0.1) is 5.69 Å². The number of rotatable bonds is 3. The molecule has 0 aliphatic heterocycles. The Hall–Kier alpha value is -2.02. The first kappa shape index (κ1) is 15.3. The number of nitrogens with zero attached hydrogens (tertiary/aromatic N) is 3. The average molecular weight is 355 g/mol. The molecule has 0 unspecified atom stereocenters. The molecule has 4 saturated carbocycles. The van der Waals surface area contributed by atoms with E-state index in [0.717, 1.165) is 17.8 Å². The molecule has 0 saturated heterocycles. The van der Waals surface area contributed by atoms with Crippen LogP contribution in [0.4, 0.5) is 10.9 Å². The predicted octanol–water partition coefficient (Wildman–Crippen LogP) is 3.24. The Balaban J connectivity index is 1.38. The third-order valence-electron chi connectivity index (χ3n) is 6.25. The van der Waals surface area contributed by atoms with Gasteiger partial charge in [0.25, 0.3) is 5.91 Å². The second kappa shape index (κ2) is 5.49. The first-order chi connectivity index (χ1) is 12.1. The van der Waals surface area contributed by atoms with Crippen molar-refractivity contribution in [3.63, 3.8) is 0 Å². The Kier molecular flexibility index (Phi) is 3.35. The molecule has 2 heterocycles. The highest BCUT2D eigenvalue weighted by Crippen LogP contribution is 2.60. The van der Waals surface area contributed by atoms with Crippen molar-refractivity contribution < 1.29 is 4.79 Å². The van der Waals surface area contributed by atoms with E-state index in [-0.39, 0.29) is 22.8 Å². The minimum Gasteiger partial charge on any atom is -0.382 e. The second-order valence-corrected chi connectivity index (χ2v) is 8.84. The van der Waals surface area contributed by atoms with Crippen molar-refractivity contribution in [1.29, 1.82) is 0 Å². The van der Waals surface area contributed by atoms with Crippen molar-refractivity contribution in [2.45, 2.75) is 43.9 Å². The lowest BCUT2D eigenvalue weighted by Gasteiger charge is -2.56. The SMILES string of the molecule is Nc1nccnc1C(=O)Nc1nc(C23CC4CC(CC(C4)C2)C3)cs1. The van der Waals surface area contributed by atoms with Crippen LogP contribution in [-0.2, 0) is 5.41 Å². The normalized spacial score (nSPS) is 32.7. The van der Waals surface area contributed by atoms with Gasteiger partial charge in [-0.15, -0.1) is 11.3 Å². The van der Waals surface area contributed by atoms with E-state index in [4.69, 9.17) is 10.7 Å². The molecule has 4 bridgehead atoms. The van der Waals surface area contributed by atoms with E-state index in [2.05, 4.69) is 20.7 Å². The summed E-state index contributed by atoms with van der Waals surface area (Å²) >= 11 is 1.50. The van der Waals surface area contributed by atoms with Gasteiger partial charge in [0, 0.05) is 23.2 Å². The molecule has 0 spiro atoms. The summed E-state index contributed by atoms with van der Waals surface area (Å²) in [5, 5.41) is 5.60. The predicted molar refractivity (Wildman–Crippen MR) is 96.4 cm³/mol. The van der Waals surface area contributed by atoms with Gasteiger partial charge >= 0.3 is 0 Å². The first-order valence-electron chi connectivity index (χ1n) is 8.95. The van der Waals surface area contributed by atoms with Gasteiger partial charge in [-0.3, -0.25) is 10.1 Å². The molecule has 1 amide bonds. The highest BCUT2D eigenvalue weighted by atomic mass is 32.1. The van der Waals surface area contributed by atoms with Crippen LogP contribution in [0, 0.1) is 17.8 Å². The fraction of sp³-hybridized carbons (Fsp3) is 0.556. The van der Waals surface area contributed by atoms with Crippen LogP contribution in [0.1, 0.15) is 54.7 Å². The Morgan fingerprint density at radius 2 is 1.76 bits per heavy atom. The summed E-state index contributed by atoms with van der Waals surface area (Å²) in [4.78, 5) is 25.1. The molecule has 2 aromatic rings. The van der Waals surface area contributed by atoms with Crippen molar-refractivity contribution in [2.24, 2.45) is 17.8 Å². The van der Waals surface area contributed by atoms with Crippen LogP contribution >= 0.6 is 11.3 Å². The van der Waals surface area contributed by atoms with Crippen LogP contribution in [-0.4, -0.2) is 20.9 Å². The molecule has 25 heavy (non-hydrogen) atoms. The average Bonchev–Trinajstić information content (AvgIpc) is 3.03. The standard InChI is InChI=1S/C18H21N5OS/c19-15-14(20-1-2-21-15)16(24)23-17-22-13(9-25-17)18-6-10-3-11(7-18)5-12(4-10)8-18/h1-2,9-12H,3-8H2,(H2,19,21)(H,22,23,24). The van der Waals surface area contributed by atoms with E-state index in [0.29, 0.717) is 5.13 Å². The molecule has 6 nitrogen and oxygen atoms in total. The third-order valence-corrected chi connectivity index (χ3v) is 7.01. The van der Waals surface area contributed by atoms with Crippen LogP contribution < -0.4 is 11.1 Å². The van der Waals surface area contributed by atoms with Crippen LogP contribution in [0.5, 0.6) is 0 Å². The molecule has 2 aromatic heterocycles. The Bertz CT molecular complexity index is 797. The van der Waals surface area contributed by atoms with E-state index < -0.39 is 0 Å². The topological polar surface area (TPSA) is 93.8 Å². The summed E-state index contributed by atoms with van der Waals surface area (Å²) in [5.74, 6) is 2.43. The summed E-state index contributed by atoms with van der Waals surface area (Å²) in [6.07, 6.45) is 11.0. The molecule has 6 rings (SSSR count). The lowest BCUT2D eigenvalue weighted by molar-refractivity contribution is -0.00688. The third kappa shape index (κ3) is 2.52. The minimum absolute atomic E-state index is 0.137. The highest BCUT2D eigenvalue weighted by Gasteiger charge is 2.52. The van der Waals surface area contributed by atoms with Gasteiger partial charge in [-0.25, -0.2) is 15.0 Å². The van der Waals surface area contributed by atoms with Gasteiger partial charge in [0.2, 0.25) is 0 Å². The molecule has 4 aliphatic carbocycles. The van der Waals surface area contributed by atoms with Crippen LogP contribution in [0.2, 0.25) is 0 Å². The van der Waals surface area contributed by atoms with Crippen molar-refractivity contribution in [1.82, 2.24) is 15.0 Å². The molecule has 130 valence electrons. The molecule has 0 atom stereocenters. The Labute approximate surface area is 150 Å². The van der Waals surface area contributed by atoms with E-state index in [9.17, 15) is 4.79 Å². The van der Waals surface area contributed by atoms with Crippen molar-refractivity contribution in [2.75, 3.05) is 11.1 Å². The number of amides is 1. The summed E-state index contributed by atoms with van der Waals surface area (Å²) in [6.45, 7) is 0. The molecule has 4 aliphatic rings. The zero-order chi connectivity index (χ0) is 17.0. The zero-order valence-electron chi connectivity index (χ0n) is 13.9.